The van der Waals surface area contributed by atoms with Gasteiger partial charge in [-0.25, -0.2) is 4.98 Å². The molecule has 3 heterocycles. The number of nitrogens with two attached hydrogens (primary N) is 1. The lowest BCUT2D eigenvalue weighted by Crippen LogP contribution is -2.35. The summed E-state index contributed by atoms with van der Waals surface area (Å²) >= 11 is 1.38. The van der Waals surface area contributed by atoms with Crippen LogP contribution >= 0.6 is 11.3 Å². The first-order valence-electron chi connectivity index (χ1n) is 9.77. The number of hydrogen-bond donors (Lipinski definition) is 1. The van der Waals surface area contributed by atoms with E-state index in [4.69, 9.17) is 10.7 Å². The second-order valence-corrected chi connectivity index (χ2v) is 8.45. The van der Waals surface area contributed by atoms with Gasteiger partial charge in [0, 0.05) is 23.2 Å². The van der Waals surface area contributed by atoms with Crippen LogP contribution in [-0.2, 0) is 6.42 Å². The number of nitrogen functional groups attached to an aromatic ring is 1. The van der Waals surface area contributed by atoms with Crippen LogP contribution in [0.1, 0.15) is 27.2 Å². The number of rotatable bonds is 2. The molecule has 0 saturated carbocycles. The van der Waals surface area contributed by atoms with Crippen LogP contribution in [0.3, 0.4) is 0 Å². The first kappa shape index (κ1) is 17.9. The number of fused-ring (bicyclic) bond motifs is 2. The maximum Gasteiger partial charge on any atom is 0.270 e. The number of carbonyl (C=O) groups excluding carboxylic acids is 1. The number of nitrogens with zero attached hydrogens (tertiary/aromatic N) is 2. The first-order chi connectivity index (χ1) is 14.1. The molecule has 0 aliphatic carbocycles. The summed E-state index contributed by atoms with van der Waals surface area (Å²) in [6, 6.07) is 20.4. The lowest BCUT2D eigenvalue weighted by molar-refractivity contribution is 0.0990. The third kappa shape index (κ3) is 3.08. The van der Waals surface area contributed by atoms with E-state index in [2.05, 4.69) is 37.3 Å². The van der Waals surface area contributed by atoms with Gasteiger partial charge in [-0.15, -0.1) is 11.3 Å². The van der Waals surface area contributed by atoms with Gasteiger partial charge in [0.15, 0.2) is 0 Å². The molecular formula is C24H21N3OS. The van der Waals surface area contributed by atoms with Crippen LogP contribution in [0.15, 0.2) is 60.7 Å². The minimum atomic E-state index is -0.0328. The van der Waals surface area contributed by atoms with Crippen molar-refractivity contribution in [2.24, 2.45) is 0 Å². The van der Waals surface area contributed by atoms with E-state index >= 15 is 0 Å². The van der Waals surface area contributed by atoms with Crippen molar-refractivity contribution in [3.63, 3.8) is 0 Å². The van der Waals surface area contributed by atoms with E-state index in [1.54, 1.807) is 0 Å². The predicted octanol–water partition coefficient (Wildman–Crippen LogP) is 5.45. The summed E-state index contributed by atoms with van der Waals surface area (Å²) in [7, 11) is 0. The second-order valence-electron chi connectivity index (χ2n) is 7.45. The Morgan fingerprint density at radius 1 is 1.07 bits per heavy atom. The summed E-state index contributed by atoms with van der Waals surface area (Å²) in [6.07, 6.45) is 1.96. The van der Waals surface area contributed by atoms with Gasteiger partial charge in [-0.3, -0.25) is 4.79 Å². The van der Waals surface area contributed by atoms with Crippen LogP contribution in [0, 0.1) is 6.92 Å². The van der Waals surface area contributed by atoms with Crippen molar-refractivity contribution in [1.29, 1.82) is 0 Å². The van der Waals surface area contributed by atoms with E-state index in [0.29, 0.717) is 17.1 Å². The number of carbonyl (C=O) groups is 1. The lowest BCUT2D eigenvalue weighted by Gasteiger charge is -2.29. The molecule has 4 aromatic rings. The average Bonchev–Trinajstić information content (AvgIpc) is 3.09. The summed E-state index contributed by atoms with van der Waals surface area (Å²) in [6.45, 7) is 2.78. The van der Waals surface area contributed by atoms with Crippen molar-refractivity contribution in [3.8, 4) is 11.3 Å². The number of aryl methyl sites for hydroxylation is 2. The van der Waals surface area contributed by atoms with Gasteiger partial charge in [0.2, 0.25) is 0 Å². The Labute approximate surface area is 173 Å². The molecule has 0 fully saturated rings. The highest BCUT2D eigenvalue weighted by Crippen LogP contribution is 2.37. The number of pyridine rings is 1. The standard InChI is InChI=1S/C24H21N3OS/c1-15-8-10-16(11-9-15)19-13-12-18-21(25)22(29-23(18)26-19)24(28)27-14-4-6-17-5-2-3-7-20(17)27/h2-3,5,7-13H,4,6,14,25H2,1H3. The minimum Gasteiger partial charge on any atom is -0.397 e. The van der Waals surface area contributed by atoms with Crippen LogP contribution in [0.25, 0.3) is 21.5 Å². The SMILES string of the molecule is Cc1ccc(-c2ccc3c(N)c(C(=O)N4CCCc5ccccc54)sc3n2)cc1. The second kappa shape index (κ2) is 7.01. The molecule has 4 nitrogen and oxygen atoms in total. The summed E-state index contributed by atoms with van der Waals surface area (Å²) < 4.78 is 0. The van der Waals surface area contributed by atoms with Crippen LogP contribution in [0.2, 0.25) is 0 Å². The van der Waals surface area contributed by atoms with Crippen molar-refractivity contribution in [2.45, 2.75) is 19.8 Å². The molecule has 0 spiro atoms. The highest BCUT2D eigenvalue weighted by molar-refractivity contribution is 7.21. The Hall–Kier alpha value is -3.18. The topological polar surface area (TPSA) is 59.2 Å². The molecule has 5 heteroatoms. The maximum absolute atomic E-state index is 13.4. The Morgan fingerprint density at radius 2 is 1.86 bits per heavy atom. The van der Waals surface area contributed by atoms with E-state index < -0.39 is 0 Å². The van der Waals surface area contributed by atoms with E-state index in [-0.39, 0.29) is 5.91 Å². The van der Waals surface area contributed by atoms with Crippen molar-refractivity contribution >= 4 is 38.8 Å². The van der Waals surface area contributed by atoms with E-state index in [1.807, 2.05) is 35.2 Å². The molecule has 0 saturated heterocycles. The minimum absolute atomic E-state index is 0.0328. The van der Waals surface area contributed by atoms with Crippen molar-refractivity contribution < 1.29 is 4.79 Å². The molecular weight excluding hydrogens is 378 g/mol. The maximum atomic E-state index is 13.4. The van der Waals surface area contributed by atoms with Gasteiger partial charge >= 0.3 is 0 Å². The number of aromatic nitrogens is 1. The summed E-state index contributed by atoms with van der Waals surface area (Å²) in [5.41, 5.74) is 12.3. The Bertz CT molecular complexity index is 1230. The highest BCUT2D eigenvalue weighted by Gasteiger charge is 2.27. The summed E-state index contributed by atoms with van der Waals surface area (Å²) in [5, 5.41) is 0.847. The van der Waals surface area contributed by atoms with Crippen molar-refractivity contribution in [2.75, 3.05) is 17.2 Å². The molecule has 144 valence electrons. The van der Waals surface area contributed by atoms with E-state index in [9.17, 15) is 4.79 Å². The molecule has 5 rings (SSSR count). The molecule has 1 aliphatic rings. The Kier molecular flexibility index (Phi) is 4.32. The number of benzene rings is 2. The molecule has 29 heavy (non-hydrogen) atoms. The zero-order valence-corrected chi connectivity index (χ0v) is 17.0. The van der Waals surface area contributed by atoms with Gasteiger partial charge in [-0.1, -0.05) is 48.0 Å². The van der Waals surface area contributed by atoms with Crippen molar-refractivity contribution in [1.82, 2.24) is 4.98 Å². The molecule has 1 aliphatic heterocycles. The number of anilines is 2. The number of amides is 1. The summed E-state index contributed by atoms with van der Waals surface area (Å²) in [4.78, 5) is 21.4. The van der Waals surface area contributed by atoms with Gasteiger partial charge in [0.05, 0.1) is 11.4 Å². The van der Waals surface area contributed by atoms with Crippen molar-refractivity contribution in [3.05, 3.63) is 76.7 Å². The lowest BCUT2D eigenvalue weighted by atomic mass is 10.0. The van der Waals surface area contributed by atoms with Gasteiger partial charge in [-0.2, -0.15) is 0 Å². The Balaban J connectivity index is 1.55. The van der Waals surface area contributed by atoms with Gasteiger partial charge in [0.25, 0.3) is 5.91 Å². The number of thiophene rings is 1. The average molecular weight is 400 g/mol. The molecule has 0 bridgehead atoms. The molecule has 0 atom stereocenters. The molecule has 2 N–H and O–H groups in total. The first-order valence-corrected chi connectivity index (χ1v) is 10.6. The fourth-order valence-electron chi connectivity index (χ4n) is 3.91. The van der Waals surface area contributed by atoms with Crippen LogP contribution < -0.4 is 10.6 Å². The fourth-order valence-corrected chi connectivity index (χ4v) is 4.95. The molecule has 0 radical (unpaired) electrons. The third-order valence-electron chi connectivity index (χ3n) is 5.49. The zero-order valence-electron chi connectivity index (χ0n) is 16.2. The third-order valence-corrected chi connectivity index (χ3v) is 6.59. The van der Waals surface area contributed by atoms with Gasteiger partial charge < -0.3 is 10.6 Å². The molecule has 2 aromatic heterocycles. The van der Waals surface area contributed by atoms with E-state index in [0.717, 1.165) is 40.0 Å². The quantitative estimate of drug-likeness (QED) is 0.488. The molecule has 2 aromatic carbocycles. The normalized spacial score (nSPS) is 13.5. The van der Waals surface area contributed by atoms with Crippen LogP contribution in [0.5, 0.6) is 0 Å². The molecule has 1 amide bonds. The Morgan fingerprint density at radius 3 is 2.69 bits per heavy atom. The van der Waals surface area contributed by atoms with Gasteiger partial charge in [0.1, 0.15) is 9.71 Å². The van der Waals surface area contributed by atoms with Crippen LogP contribution in [-0.4, -0.2) is 17.4 Å². The summed E-state index contributed by atoms with van der Waals surface area (Å²) in [5.74, 6) is -0.0328. The predicted molar refractivity (Wildman–Crippen MR) is 121 cm³/mol. The highest BCUT2D eigenvalue weighted by atomic mass is 32.1. The number of hydrogen-bond acceptors (Lipinski definition) is 4. The van der Waals surface area contributed by atoms with E-state index in [1.165, 1.54) is 22.5 Å². The van der Waals surface area contributed by atoms with Gasteiger partial charge in [-0.05, 0) is 43.5 Å². The smallest absolute Gasteiger partial charge is 0.270 e. The molecule has 0 unspecified atom stereocenters. The number of para-hydroxylation sites is 1. The monoisotopic (exact) mass is 399 g/mol. The largest absolute Gasteiger partial charge is 0.397 e. The van der Waals surface area contributed by atoms with Crippen LogP contribution in [0.4, 0.5) is 11.4 Å². The fraction of sp³-hybridized carbons (Fsp3) is 0.167. The zero-order chi connectivity index (χ0) is 20.0.